The number of nitro benzene ring substituents is 1. The number of nitrogens with zero attached hydrogens (tertiary/aromatic N) is 1. The number of benzene rings is 2. The van der Waals surface area contributed by atoms with Gasteiger partial charge in [-0.25, -0.2) is 0 Å². The normalized spacial score (nSPS) is 10.8. The van der Waals surface area contributed by atoms with E-state index < -0.39 is 16.4 Å². The van der Waals surface area contributed by atoms with Gasteiger partial charge in [-0.1, -0.05) is 12.1 Å². The number of aryl methyl sites for hydroxylation is 2. The molecule has 0 fully saturated rings. The van der Waals surface area contributed by atoms with E-state index in [9.17, 15) is 19.3 Å². The first-order valence-corrected chi connectivity index (χ1v) is 7.57. The van der Waals surface area contributed by atoms with Gasteiger partial charge < -0.3 is 9.73 Å². The molecule has 7 heteroatoms. The van der Waals surface area contributed by atoms with E-state index in [0.29, 0.717) is 5.56 Å². The van der Waals surface area contributed by atoms with Gasteiger partial charge >= 0.3 is 5.69 Å². The van der Waals surface area contributed by atoms with Crippen molar-refractivity contribution in [3.8, 4) is 0 Å². The maximum atomic E-state index is 13.3. The molecule has 0 aliphatic carbocycles. The lowest BCUT2D eigenvalue weighted by Gasteiger charge is -2.05. The van der Waals surface area contributed by atoms with E-state index in [1.165, 1.54) is 12.3 Å². The van der Waals surface area contributed by atoms with Gasteiger partial charge in [0.05, 0.1) is 17.6 Å². The predicted molar refractivity (Wildman–Crippen MR) is 91.1 cm³/mol. The number of hydrogen-bond donors (Lipinski definition) is 1. The smallest absolute Gasteiger partial charge is 0.306 e. The molecular weight excluding hydrogens is 327 g/mol. The molecule has 0 atom stereocenters. The molecular formula is C18H15FN2O4. The van der Waals surface area contributed by atoms with Gasteiger partial charge in [-0.2, -0.15) is 4.39 Å². The summed E-state index contributed by atoms with van der Waals surface area (Å²) in [6.07, 6.45) is 1.57. The molecule has 0 saturated heterocycles. The summed E-state index contributed by atoms with van der Waals surface area (Å²) in [6, 6.07) is 7.08. The van der Waals surface area contributed by atoms with Crippen LogP contribution in [-0.4, -0.2) is 10.8 Å². The third kappa shape index (κ3) is 3.21. The SMILES string of the molecule is Cc1ccc2c(CC(=O)Nc3ccc(F)c([N+](=O)[O-])c3)coc2c1C. The van der Waals surface area contributed by atoms with E-state index in [1.54, 1.807) is 0 Å². The summed E-state index contributed by atoms with van der Waals surface area (Å²) in [4.78, 5) is 22.2. The highest BCUT2D eigenvalue weighted by Crippen LogP contribution is 2.27. The molecule has 0 saturated carbocycles. The fourth-order valence-corrected chi connectivity index (χ4v) is 2.63. The Morgan fingerprint density at radius 3 is 2.76 bits per heavy atom. The van der Waals surface area contributed by atoms with E-state index in [2.05, 4.69) is 5.32 Å². The molecule has 0 bridgehead atoms. The highest BCUT2D eigenvalue weighted by molar-refractivity contribution is 5.96. The maximum absolute atomic E-state index is 13.3. The second-order valence-corrected chi connectivity index (χ2v) is 5.79. The summed E-state index contributed by atoms with van der Waals surface area (Å²) in [5.41, 5.74) is 3.04. The van der Waals surface area contributed by atoms with Crippen LogP contribution in [-0.2, 0) is 11.2 Å². The first kappa shape index (κ1) is 16.6. The summed E-state index contributed by atoms with van der Waals surface area (Å²) in [5, 5.41) is 14.2. The van der Waals surface area contributed by atoms with Crippen molar-refractivity contribution in [2.75, 3.05) is 5.32 Å². The Hall–Kier alpha value is -3.22. The molecule has 6 nitrogen and oxygen atoms in total. The lowest BCUT2D eigenvalue weighted by atomic mass is 10.0. The fourth-order valence-electron chi connectivity index (χ4n) is 2.63. The minimum absolute atomic E-state index is 0.0423. The lowest BCUT2D eigenvalue weighted by Crippen LogP contribution is -2.14. The van der Waals surface area contributed by atoms with Gasteiger partial charge in [0.15, 0.2) is 0 Å². The molecule has 1 N–H and O–H groups in total. The molecule has 1 amide bonds. The molecule has 3 rings (SSSR count). The largest absolute Gasteiger partial charge is 0.464 e. The van der Waals surface area contributed by atoms with E-state index in [4.69, 9.17) is 4.42 Å². The molecule has 0 spiro atoms. The summed E-state index contributed by atoms with van der Waals surface area (Å²) in [7, 11) is 0. The Morgan fingerprint density at radius 2 is 2.04 bits per heavy atom. The van der Waals surface area contributed by atoms with Crippen LogP contribution in [0.15, 0.2) is 41.0 Å². The maximum Gasteiger partial charge on any atom is 0.306 e. The van der Waals surface area contributed by atoms with Crippen LogP contribution in [0.3, 0.4) is 0 Å². The van der Waals surface area contributed by atoms with Crippen LogP contribution in [0.5, 0.6) is 0 Å². The van der Waals surface area contributed by atoms with Crippen LogP contribution >= 0.6 is 0 Å². The van der Waals surface area contributed by atoms with Gasteiger partial charge in [0, 0.05) is 22.7 Å². The Kier molecular flexibility index (Phi) is 4.22. The van der Waals surface area contributed by atoms with Gasteiger partial charge in [-0.05, 0) is 37.1 Å². The van der Waals surface area contributed by atoms with Gasteiger partial charge in [0.1, 0.15) is 5.58 Å². The number of nitro groups is 1. The number of carbonyl (C=O) groups excluding carboxylic acids is 1. The van der Waals surface area contributed by atoms with Crippen molar-refractivity contribution >= 4 is 28.3 Å². The van der Waals surface area contributed by atoms with Crippen LogP contribution in [0.25, 0.3) is 11.0 Å². The molecule has 0 unspecified atom stereocenters. The van der Waals surface area contributed by atoms with Crippen molar-refractivity contribution < 1.29 is 18.5 Å². The van der Waals surface area contributed by atoms with Gasteiger partial charge in [0.25, 0.3) is 0 Å². The Balaban J connectivity index is 1.81. The van der Waals surface area contributed by atoms with E-state index in [-0.39, 0.29) is 18.0 Å². The third-order valence-corrected chi connectivity index (χ3v) is 4.12. The number of nitrogens with one attached hydrogen (secondary N) is 1. The fraction of sp³-hybridized carbons (Fsp3) is 0.167. The number of hydrogen-bond acceptors (Lipinski definition) is 4. The van der Waals surface area contributed by atoms with Crippen molar-refractivity contribution in [1.29, 1.82) is 0 Å². The van der Waals surface area contributed by atoms with Crippen LogP contribution < -0.4 is 5.32 Å². The van der Waals surface area contributed by atoms with Crippen molar-refractivity contribution in [3.05, 3.63) is 69.2 Å². The standard InChI is InChI=1S/C18H15FN2O4/c1-10-3-5-14-12(9-25-18(14)11(10)2)7-17(22)20-13-4-6-15(19)16(8-13)21(23)24/h3-6,8-9H,7H2,1-2H3,(H,20,22). The zero-order valence-electron chi connectivity index (χ0n) is 13.6. The number of carbonyl (C=O) groups is 1. The van der Waals surface area contributed by atoms with Crippen molar-refractivity contribution in [2.24, 2.45) is 0 Å². The molecule has 0 radical (unpaired) electrons. The zero-order chi connectivity index (χ0) is 18.1. The van der Waals surface area contributed by atoms with Gasteiger partial charge in [-0.15, -0.1) is 0 Å². The number of furan rings is 1. The Labute approximate surface area is 142 Å². The van der Waals surface area contributed by atoms with Gasteiger partial charge in [0.2, 0.25) is 11.7 Å². The predicted octanol–water partition coefficient (Wildman–Crippen LogP) is 4.28. The van der Waals surface area contributed by atoms with E-state index in [1.807, 2.05) is 26.0 Å². The van der Waals surface area contributed by atoms with Crippen LogP contribution in [0.1, 0.15) is 16.7 Å². The van der Waals surface area contributed by atoms with Crippen molar-refractivity contribution in [3.63, 3.8) is 0 Å². The molecule has 3 aromatic rings. The molecule has 25 heavy (non-hydrogen) atoms. The summed E-state index contributed by atoms with van der Waals surface area (Å²) in [5.74, 6) is -1.32. The molecule has 0 aliphatic rings. The average molecular weight is 342 g/mol. The van der Waals surface area contributed by atoms with Crippen LogP contribution in [0.4, 0.5) is 15.8 Å². The second-order valence-electron chi connectivity index (χ2n) is 5.79. The van der Waals surface area contributed by atoms with E-state index >= 15 is 0 Å². The number of amides is 1. The molecule has 2 aromatic carbocycles. The summed E-state index contributed by atoms with van der Waals surface area (Å²) in [6.45, 7) is 3.92. The van der Waals surface area contributed by atoms with Gasteiger partial charge in [-0.3, -0.25) is 14.9 Å². The Bertz CT molecular complexity index is 994. The molecule has 0 aliphatic heterocycles. The minimum Gasteiger partial charge on any atom is -0.464 e. The summed E-state index contributed by atoms with van der Waals surface area (Å²) < 4.78 is 18.9. The first-order valence-electron chi connectivity index (χ1n) is 7.57. The molecule has 1 aromatic heterocycles. The Morgan fingerprint density at radius 1 is 1.28 bits per heavy atom. The molecule has 1 heterocycles. The lowest BCUT2D eigenvalue weighted by molar-refractivity contribution is -0.387. The number of rotatable bonds is 4. The first-order chi connectivity index (χ1) is 11.9. The molecule has 128 valence electrons. The van der Waals surface area contributed by atoms with Crippen molar-refractivity contribution in [1.82, 2.24) is 0 Å². The van der Waals surface area contributed by atoms with Crippen molar-refractivity contribution in [2.45, 2.75) is 20.3 Å². The second kappa shape index (κ2) is 6.35. The van der Waals surface area contributed by atoms with Crippen LogP contribution in [0, 0.1) is 29.8 Å². The van der Waals surface area contributed by atoms with E-state index in [0.717, 1.165) is 34.2 Å². The highest BCUT2D eigenvalue weighted by atomic mass is 19.1. The monoisotopic (exact) mass is 342 g/mol. The third-order valence-electron chi connectivity index (χ3n) is 4.12. The minimum atomic E-state index is -0.949. The number of anilines is 1. The average Bonchev–Trinajstić information content (AvgIpc) is 2.96. The van der Waals surface area contributed by atoms with Crippen LogP contribution in [0.2, 0.25) is 0 Å². The number of halogens is 1. The number of fused-ring (bicyclic) bond motifs is 1. The zero-order valence-corrected chi connectivity index (χ0v) is 13.6. The topological polar surface area (TPSA) is 85.4 Å². The quantitative estimate of drug-likeness (QED) is 0.566. The highest BCUT2D eigenvalue weighted by Gasteiger charge is 2.17. The summed E-state index contributed by atoms with van der Waals surface area (Å²) >= 11 is 0.